The Hall–Kier alpha value is -2.46. The minimum Gasteiger partial charge on any atom is -0.497 e. The molecule has 1 saturated heterocycles. The number of hydrogen-bond acceptors (Lipinski definition) is 5. The van der Waals surface area contributed by atoms with E-state index in [9.17, 15) is 10.1 Å². The van der Waals surface area contributed by atoms with E-state index in [1.807, 2.05) is 36.4 Å². The number of carbonyl (C=O) groups is 1. The van der Waals surface area contributed by atoms with Crippen LogP contribution in [-0.4, -0.2) is 35.4 Å². The molecule has 5 nitrogen and oxygen atoms in total. The summed E-state index contributed by atoms with van der Waals surface area (Å²) in [4.78, 5) is 16.9. The molecule has 0 spiro atoms. The molecule has 2 aliphatic heterocycles. The molecule has 1 atom stereocenters. The molecule has 0 unspecified atom stereocenters. The van der Waals surface area contributed by atoms with Crippen LogP contribution in [0.5, 0.6) is 5.75 Å². The lowest BCUT2D eigenvalue weighted by molar-refractivity contribution is -0.131. The van der Waals surface area contributed by atoms with E-state index >= 15 is 0 Å². The fourth-order valence-corrected chi connectivity index (χ4v) is 4.94. The van der Waals surface area contributed by atoms with E-state index in [4.69, 9.17) is 16.3 Å². The molecule has 1 fully saturated rings. The van der Waals surface area contributed by atoms with Crippen molar-refractivity contribution < 1.29 is 9.53 Å². The van der Waals surface area contributed by atoms with Crippen LogP contribution in [0.4, 0.5) is 0 Å². The van der Waals surface area contributed by atoms with Crippen LogP contribution in [0.3, 0.4) is 0 Å². The van der Waals surface area contributed by atoms with Crippen LogP contribution in [0.25, 0.3) is 0 Å². The number of rotatable bonds is 4. The molecule has 29 heavy (non-hydrogen) atoms. The van der Waals surface area contributed by atoms with Gasteiger partial charge in [-0.05, 0) is 35.4 Å². The van der Waals surface area contributed by atoms with Gasteiger partial charge in [0.2, 0.25) is 5.91 Å². The quantitative estimate of drug-likeness (QED) is 0.718. The van der Waals surface area contributed by atoms with Crippen molar-refractivity contribution in [2.75, 3.05) is 19.7 Å². The van der Waals surface area contributed by atoms with Gasteiger partial charge in [-0.3, -0.25) is 14.6 Å². The third kappa shape index (κ3) is 4.13. The first-order valence-corrected chi connectivity index (χ1v) is 10.6. The maximum atomic E-state index is 12.9. The molecule has 4 rings (SSSR count). The number of nitriles is 1. The summed E-state index contributed by atoms with van der Waals surface area (Å²) in [5.41, 5.74) is 2.77. The molecular formula is C22H20ClN3O2S. The number of nitrogens with zero attached hydrogens (tertiary/aromatic N) is 3. The van der Waals surface area contributed by atoms with Gasteiger partial charge in [-0.1, -0.05) is 47.6 Å². The fraction of sp³-hybridized carbons (Fsp3) is 0.273. The average Bonchev–Trinajstić information content (AvgIpc) is 2.75. The first kappa shape index (κ1) is 19.8. The number of halogens is 1. The van der Waals surface area contributed by atoms with Crippen molar-refractivity contribution in [2.24, 2.45) is 0 Å². The standard InChI is InChI=1S/C22H20ClN3O2S/c1-28-18-8-2-15(3-9-18)12-25-13-26-21(27)10-19(16-4-6-17(23)7-5-16)20(11-24)22(26)29-14-25/h2-9,19H,10,12-14H2,1H3/t19-/m1/s1. The predicted molar refractivity (Wildman–Crippen MR) is 114 cm³/mol. The number of amides is 1. The van der Waals surface area contributed by atoms with Gasteiger partial charge in [-0.15, -0.1) is 0 Å². The molecule has 0 N–H and O–H groups in total. The van der Waals surface area contributed by atoms with E-state index in [2.05, 4.69) is 11.0 Å². The summed E-state index contributed by atoms with van der Waals surface area (Å²) in [5, 5.41) is 11.3. The SMILES string of the molecule is COc1ccc(CN2CSC3=C(C#N)[C@@H](c4ccc(Cl)cc4)CC(=O)N3C2)cc1. The average molecular weight is 426 g/mol. The second-order valence-electron chi connectivity index (χ2n) is 7.05. The molecule has 2 aromatic rings. The van der Waals surface area contributed by atoms with Gasteiger partial charge in [0.15, 0.2) is 0 Å². The van der Waals surface area contributed by atoms with Gasteiger partial charge in [0.1, 0.15) is 5.75 Å². The van der Waals surface area contributed by atoms with Gasteiger partial charge < -0.3 is 4.74 Å². The zero-order chi connectivity index (χ0) is 20.4. The summed E-state index contributed by atoms with van der Waals surface area (Å²) in [6.07, 6.45) is 0.297. The third-order valence-electron chi connectivity index (χ3n) is 5.19. The summed E-state index contributed by atoms with van der Waals surface area (Å²) in [6, 6.07) is 17.7. The number of allylic oxidation sites excluding steroid dienone is 1. The van der Waals surface area contributed by atoms with Crippen LogP contribution in [0.2, 0.25) is 5.02 Å². The molecule has 7 heteroatoms. The van der Waals surface area contributed by atoms with Gasteiger partial charge in [0.05, 0.1) is 36.3 Å². The smallest absolute Gasteiger partial charge is 0.229 e. The predicted octanol–water partition coefficient (Wildman–Crippen LogP) is 4.56. The second kappa shape index (κ2) is 8.50. The summed E-state index contributed by atoms with van der Waals surface area (Å²) < 4.78 is 5.21. The number of methoxy groups -OCH3 is 1. The number of ether oxygens (including phenoxy) is 1. The van der Waals surface area contributed by atoms with E-state index in [-0.39, 0.29) is 11.8 Å². The zero-order valence-corrected chi connectivity index (χ0v) is 17.5. The van der Waals surface area contributed by atoms with Crippen molar-refractivity contribution in [1.82, 2.24) is 9.80 Å². The minimum absolute atomic E-state index is 0.0471. The molecule has 2 aliphatic rings. The number of benzene rings is 2. The monoisotopic (exact) mass is 425 g/mol. The summed E-state index contributed by atoms with van der Waals surface area (Å²) in [7, 11) is 1.65. The Balaban J connectivity index is 1.54. The van der Waals surface area contributed by atoms with E-state index < -0.39 is 0 Å². The first-order valence-electron chi connectivity index (χ1n) is 9.27. The van der Waals surface area contributed by atoms with E-state index in [0.717, 1.165) is 34.3 Å². The van der Waals surface area contributed by atoms with Gasteiger partial charge in [-0.25, -0.2) is 0 Å². The van der Waals surface area contributed by atoms with Crippen LogP contribution in [0.1, 0.15) is 23.5 Å². The summed E-state index contributed by atoms with van der Waals surface area (Å²) >= 11 is 7.55. The highest BCUT2D eigenvalue weighted by molar-refractivity contribution is 8.03. The first-order chi connectivity index (χ1) is 14.1. The molecule has 0 radical (unpaired) electrons. The summed E-state index contributed by atoms with van der Waals surface area (Å²) in [5.74, 6) is 1.39. The summed E-state index contributed by atoms with van der Waals surface area (Å²) in [6.45, 7) is 1.22. The molecule has 2 heterocycles. The van der Waals surface area contributed by atoms with E-state index in [1.165, 1.54) is 0 Å². The third-order valence-corrected chi connectivity index (χ3v) is 6.65. The highest BCUT2D eigenvalue weighted by atomic mass is 35.5. The second-order valence-corrected chi connectivity index (χ2v) is 8.42. The lowest BCUT2D eigenvalue weighted by Crippen LogP contribution is -2.46. The van der Waals surface area contributed by atoms with Gasteiger partial charge in [-0.2, -0.15) is 5.26 Å². The van der Waals surface area contributed by atoms with Crippen LogP contribution < -0.4 is 4.74 Å². The topological polar surface area (TPSA) is 56.6 Å². The maximum absolute atomic E-state index is 12.9. The van der Waals surface area contributed by atoms with Crippen LogP contribution in [0.15, 0.2) is 59.1 Å². The van der Waals surface area contributed by atoms with Crippen LogP contribution in [-0.2, 0) is 11.3 Å². The fourth-order valence-electron chi connectivity index (χ4n) is 3.68. The Morgan fingerprint density at radius 3 is 2.59 bits per heavy atom. The van der Waals surface area contributed by atoms with Crippen molar-refractivity contribution in [1.29, 1.82) is 5.26 Å². The Morgan fingerprint density at radius 1 is 1.21 bits per heavy atom. The van der Waals surface area contributed by atoms with Crippen molar-refractivity contribution in [2.45, 2.75) is 18.9 Å². The molecule has 148 valence electrons. The Kier molecular flexibility index (Phi) is 5.81. The number of thioether (sulfide) groups is 1. The maximum Gasteiger partial charge on any atom is 0.229 e. The van der Waals surface area contributed by atoms with Crippen LogP contribution >= 0.6 is 23.4 Å². The molecular weight excluding hydrogens is 406 g/mol. The number of carbonyl (C=O) groups excluding carboxylic acids is 1. The zero-order valence-electron chi connectivity index (χ0n) is 16.0. The van der Waals surface area contributed by atoms with Crippen LogP contribution in [0, 0.1) is 11.3 Å². The van der Waals surface area contributed by atoms with E-state index in [1.54, 1.807) is 35.9 Å². The molecule has 1 amide bonds. The lowest BCUT2D eigenvalue weighted by atomic mass is 9.86. The van der Waals surface area contributed by atoms with E-state index in [0.29, 0.717) is 23.7 Å². The van der Waals surface area contributed by atoms with Crippen molar-refractivity contribution >= 4 is 29.3 Å². The normalized spacial score (nSPS) is 19.7. The molecule has 2 aromatic carbocycles. The molecule has 0 saturated carbocycles. The highest BCUT2D eigenvalue weighted by Crippen LogP contribution is 2.42. The number of fused-ring (bicyclic) bond motifs is 1. The minimum atomic E-state index is -0.211. The van der Waals surface area contributed by atoms with Gasteiger partial charge in [0.25, 0.3) is 0 Å². The highest BCUT2D eigenvalue weighted by Gasteiger charge is 2.38. The molecule has 0 aliphatic carbocycles. The molecule has 0 bridgehead atoms. The van der Waals surface area contributed by atoms with Crippen molar-refractivity contribution in [3.63, 3.8) is 0 Å². The Morgan fingerprint density at radius 2 is 1.93 bits per heavy atom. The Bertz CT molecular complexity index is 983. The number of hydrogen-bond donors (Lipinski definition) is 0. The largest absolute Gasteiger partial charge is 0.497 e. The van der Waals surface area contributed by atoms with Crippen molar-refractivity contribution in [3.8, 4) is 11.8 Å². The lowest BCUT2D eigenvalue weighted by Gasteiger charge is -2.41. The Labute approximate surface area is 179 Å². The van der Waals surface area contributed by atoms with Gasteiger partial charge >= 0.3 is 0 Å². The van der Waals surface area contributed by atoms with Crippen molar-refractivity contribution in [3.05, 3.63) is 75.3 Å². The van der Waals surface area contributed by atoms with Gasteiger partial charge in [0, 0.05) is 23.9 Å². The molecule has 0 aromatic heterocycles.